The molecule has 0 aliphatic heterocycles. The maximum atomic E-state index is 11.8. The van der Waals surface area contributed by atoms with E-state index in [2.05, 4.69) is 18.3 Å². The van der Waals surface area contributed by atoms with Gasteiger partial charge >= 0.3 is 5.97 Å². The minimum Gasteiger partial charge on any atom is -0.478 e. The molecule has 1 unspecified atom stereocenters. The van der Waals surface area contributed by atoms with E-state index in [9.17, 15) is 9.90 Å². The number of carboxylic acid groups (broad SMARTS) is 1. The first-order chi connectivity index (χ1) is 14.6. The van der Waals surface area contributed by atoms with Crippen molar-refractivity contribution in [2.45, 2.75) is 84.2 Å². The van der Waals surface area contributed by atoms with Crippen LogP contribution in [0.4, 0.5) is 0 Å². The van der Waals surface area contributed by atoms with Crippen LogP contribution in [0.15, 0.2) is 42.5 Å². The Balaban J connectivity index is 1.69. The zero-order chi connectivity index (χ0) is 21.3. The molecule has 1 aliphatic carbocycles. The number of benzene rings is 2. The third-order valence-electron chi connectivity index (χ3n) is 6.63. The number of carboxylic acids is 1. The average Bonchev–Trinajstić information content (AvgIpc) is 2.76. The van der Waals surface area contributed by atoms with Gasteiger partial charge in [-0.3, -0.25) is 0 Å². The van der Waals surface area contributed by atoms with Crippen molar-refractivity contribution in [3.8, 4) is 11.1 Å². The molecule has 0 radical (unpaired) electrons. The van der Waals surface area contributed by atoms with E-state index in [1.165, 1.54) is 57.8 Å². The quantitative estimate of drug-likeness (QED) is 0.447. The normalized spacial score (nSPS) is 15.8. The summed E-state index contributed by atoms with van der Waals surface area (Å²) in [6, 6.07) is 14.3. The van der Waals surface area contributed by atoms with Crippen molar-refractivity contribution < 1.29 is 9.90 Å². The summed E-state index contributed by atoms with van der Waals surface area (Å²) < 4.78 is 0. The van der Waals surface area contributed by atoms with Crippen LogP contribution >= 0.6 is 0 Å². The Morgan fingerprint density at radius 1 is 1.07 bits per heavy atom. The zero-order valence-electron chi connectivity index (χ0n) is 18.6. The van der Waals surface area contributed by atoms with Crippen molar-refractivity contribution >= 4 is 5.97 Å². The Morgan fingerprint density at radius 2 is 1.83 bits per heavy atom. The predicted molar refractivity (Wildman–Crippen MR) is 125 cm³/mol. The van der Waals surface area contributed by atoms with Crippen molar-refractivity contribution in [3.05, 3.63) is 59.2 Å². The van der Waals surface area contributed by atoms with Crippen molar-refractivity contribution in [1.29, 1.82) is 0 Å². The molecule has 2 aromatic carbocycles. The molecule has 3 heteroatoms. The SMILES string of the molecule is CCCC(CCC1CCCCC1)NCc1ccc(C(=O)O)c(-c2ccccc2C)c1. The highest BCUT2D eigenvalue weighted by atomic mass is 16.4. The molecule has 3 rings (SSSR count). The molecule has 30 heavy (non-hydrogen) atoms. The van der Waals surface area contributed by atoms with Gasteiger partial charge in [0.05, 0.1) is 5.56 Å². The van der Waals surface area contributed by atoms with Crippen LogP contribution in [-0.2, 0) is 6.54 Å². The Hall–Kier alpha value is -2.13. The Kier molecular flexibility index (Phi) is 8.50. The largest absolute Gasteiger partial charge is 0.478 e. The number of carbonyl (C=O) groups is 1. The van der Waals surface area contributed by atoms with Gasteiger partial charge in [-0.05, 0) is 66.5 Å². The fourth-order valence-corrected chi connectivity index (χ4v) is 4.86. The molecule has 0 aromatic heterocycles. The number of nitrogens with one attached hydrogen (secondary N) is 1. The van der Waals surface area contributed by atoms with Crippen molar-refractivity contribution in [3.63, 3.8) is 0 Å². The lowest BCUT2D eigenvalue weighted by Crippen LogP contribution is -2.29. The first kappa shape index (κ1) is 22.6. The van der Waals surface area contributed by atoms with E-state index in [0.717, 1.165) is 34.7 Å². The minimum absolute atomic E-state index is 0.371. The first-order valence-corrected chi connectivity index (χ1v) is 11.7. The highest BCUT2D eigenvalue weighted by Crippen LogP contribution is 2.29. The van der Waals surface area contributed by atoms with Gasteiger partial charge in [-0.15, -0.1) is 0 Å². The van der Waals surface area contributed by atoms with Gasteiger partial charge in [0.2, 0.25) is 0 Å². The van der Waals surface area contributed by atoms with Crippen LogP contribution in [0.1, 0.15) is 86.2 Å². The number of hydrogen-bond acceptors (Lipinski definition) is 2. The van der Waals surface area contributed by atoms with Crippen molar-refractivity contribution in [1.82, 2.24) is 5.32 Å². The van der Waals surface area contributed by atoms with Gasteiger partial charge < -0.3 is 10.4 Å². The van der Waals surface area contributed by atoms with Crippen LogP contribution in [0.25, 0.3) is 11.1 Å². The lowest BCUT2D eigenvalue weighted by Gasteiger charge is -2.25. The molecule has 3 nitrogen and oxygen atoms in total. The van der Waals surface area contributed by atoms with Crippen LogP contribution in [-0.4, -0.2) is 17.1 Å². The van der Waals surface area contributed by atoms with Crippen molar-refractivity contribution in [2.24, 2.45) is 5.92 Å². The minimum atomic E-state index is -0.871. The van der Waals surface area contributed by atoms with Gasteiger partial charge in [0.25, 0.3) is 0 Å². The van der Waals surface area contributed by atoms with Gasteiger partial charge in [0, 0.05) is 12.6 Å². The predicted octanol–water partition coefficient (Wildman–Crippen LogP) is 6.98. The van der Waals surface area contributed by atoms with Gasteiger partial charge in [-0.2, -0.15) is 0 Å². The summed E-state index contributed by atoms with van der Waals surface area (Å²) in [5.41, 5.74) is 4.43. The van der Waals surface area contributed by atoms with Gasteiger partial charge in [-0.1, -0.05) is 75.8 Å². The topological polar surface area (TPSA) is 49.3 Å². The Labute approximate surface area is 181 Å². The van der Waals surface area contributed by atoms with E-state index < -0.39 is 5.97 Å². The lowest BCUT2D eigenvalue weighted by molar-refractivity contribution is 0.0697. The molecular weight excluding hydrogens is 370 g/mol. The average molecular weight is 408 g/mol. The molecule has 1 saturated carbocycles. The summed E-state index contributed by atoms with van der Waals surface area (Å²) in [6.07, 6.45) is 12.0. The second-order valence-corrected chi connectivity index (χ2v) is 8.95. The van der Waals surface area contributed by atoms with E-state index in [1.54, 1.807) is 6.07 Å². The molecule has 1 aliphatic rings. The second kappa shape index (κ2) is 11.3. The molecule has 0 bridgehead atoms. The van der Waals surface area contributed by atoms with E-state index in [1.807, 2.05) is 37.3 Å². The molecule has 2 aromatic rings. The van der Waals surface area contributed by atoms with Gasteiger partial charge in [0.15, 0.2) is 0 Å². The molecule has 0 saturated heterocycles. The fourth-order valence-electron chi connectivity index (χ4n) is 4.86. The molecule has 162 valence electrons. The van der Waals surface area contributed by atoms with Gasteiger partial charge in [-0.25, -0.2) is 4.79 Å². The molecule has 2 N–H and O–H groups in total. The number of aryl methyl sites for hydroxylation is 1. The standard InChI is InChI=1S/C27H37NO2/c1-3-9-23(16-14-21-11-5-4-6-12-21)28-19-22-15-17-25(27(29)30)26(18-22)24-13-8-7-10-20(24)2/h7-8,10,13,15,17-18,21,23,28H,3-6,9,11-12,14,16,19H2,1-2H3,(H,29,30). The summed E-state index contributed by atoms with van der Waals surface area (Å²) in [6.45, 7) is 5.08. The third-order valence-corrected chi connectivity index (χ3v) is 6.63. The van der Waals surface area contributed by atoms with Crippen LogP contribution in [0.2, 0.25) is 0 Å². The van der Waals surface area contributed by atoms with Crippen LogP contribution in [0, 0.1) is 12.8 Å². The van der Waals surface area contributed by atoms with E-state index >= 15 is 0 Å². The van der Waals surface area contributed by atoms with Crippen LogP contribution in [0.5, 0.6) is 0 Å². The zero-order valence-corrected chi connectivity index (χ0v) is 18.6. The first-order valence-electron chi connectivity index (χ1n) is 11.7. The fraction of sp³-hybridized carbons (Fsp3) is 0.519. The van der Waals surface area contributed by atoms with E-state index in [-0.39, 0.29) is 0 Å². The molecule has 1 atom stereocenters. The maximum Gasteiger partial charge on any atom is 0.336 e. The maximum absolute atomic E-state index is 11.8. The van der Waals surface area contributed by atoms with Crippen LogP contribution in [0.3, 0.4) is 0 Å². The summed E-state index contributed by atoms with van der Waals surface area (Å²) in [5.74, 6) is 0.0477. The molecule has 0 spiro atoms. The molecule has 0 amide bonds. The van der Waals surface area contributed by atoms with Crippen LogP contribution < -0.4 is 5.32 Å². The highest BCUT2D eigenvalue weighted by Gasteiger charge is 2.17. The number of rotatable bonds is 10. The molecule has 0 heterocycles. The Bertz CT molecular complexity index is 823. The van der Waals surface area contributed by atoms with E-state index in [0.29, 0.717) is 11.6 Å². The summed E-state index contributed by atoms with van der Waals surface area (Å²) in [5, 5.41) is 13.4. The number of aromatic carboxylic acids is 1. The van der Waals surface area contributed by atoms with Gasteiger partial charge in [0.1, 0.15) is 0 Å². The Morgan fingerprint density at radius 3 is 2.53 bits per heavy atom. The lowest BCUT2D eigenvalue weighted by atomic mass is 9.85. The monoisotopic (exact) mass is 407 g/mol. The smallest absolute Gasteiger partial charge is 0.336 e. The van der Waals surface area contributed by atoms with Crippen molar-refractivity contribution in [2.75, 3.05) is 0 Å². The summed E-state index contributed by atoms with van der Waals surface area (Å²) >= 11 is 0. The second-order valence-electron chi connectivity index (χ2n) is 8.95. The summed E-state index contributed by atoms with van der Waals surface area (Å²) in [7, 11) is 0. The third kappa shape index (κ3) is 6.18. The summed E-state index contributed by atoms with van der Waals surface area (Å²) in [4.78, 5) is 11.8. The molecule has 1 fully saturated rings. The molecular formula is C27H37NO2. The highest BCUT2D eigenvalue weighted by molar-refractivity contribution is 5.96. The number of hydrogen-bond donors (Lipinski definition) is 2. The van der Waals surface area contributed by atoms with E-state index in [4.69, 9.17) is 0 Å².